The molecule has 580 valence electrons. The fraction of sp³-hybridized carbons (Fsp3) is 0.500. The Morgan fingerprint density at radius 1 is 0.509 bits per heavy atom. The predicted molar refractivity (Wildman–Crippen MR) is 365 cm³/mol. The van der Waals surface area contributed by atoms with Crippen molar-refractivity contribution in [1.29, 1.82) is 0 Å². The molecule has 106 heavy (non-hydrogen) atoms. The number of aryl methyl sites for hydroxylation is 4. The molecule has 8 rings (SSSR count). The molecule has 2 aliphatic carbocycles. The fourth-order valence-electron chi connectivity index (χ4n) is 13.3. The first-order valence-electron chi connectivity index (χ1n) is 34.4. The summed E-state index contributed by atoms with van der Waals surface area (Å²) in [7, 11) is 6.49. The van der Waals surface area contributed by atoms with E-state index in [1.165, 1.54) is 6.92 Å². The number of carbonyl (C=O) groups excluding carboxylic acids is 3. The van der Waals surface area contributed by atoms with E-state index in [1.807, 2.05) is 0 Å². The lowest BCUT2D eigenvalue weighted by atomic mass is 9.87. The van der Waals surface area contributed by atoms with Gasteiger partial charge in [0.15, 0.2) is 0 Å². The lowest BCUT2D eigenvalue weighted by molar-refractivity contribution is -0.144. The number of carbonyl (C=O) groups is 4. The van der Waals surface area contributed by atoms with Crippen LogP contribution in [0.3, 0.4) is 0 Å². The summed E-state index contributed by atoms with van der Waals surface area (Å²) in [5.41, 5.74) is -9.54. The number of nitrogens with zero attached hydrogens (tertiary/aromatic N) is 4. The first-order chi connectivity index (χ1) is 49.0. The van der Waals surface area contributed by atoms with Gasteiger partial charge in [0.2, 0.25) is 11.8 Å². The molecule has 2 unspecified atom stereocenters. The number of amides is 2. The zero-order chi connectivity index (χ0) is 79.5. The van der Waals surface area contributed by atoms with Gasteiger partial charge in [0.1, 0.15) is 35.4 Å². The molecular formula is C76H86F16N6O8. The van der Waals surface area contributed by atoms with Crippen LogP contribution in [0, 0.1) is 62.8 Å². The number of esters is 1. The van der Waals surface area contributed by atoms with Crippen LogP contribution in [0.1, 0.15) is 200 Å². The molecule has 2 aliphatic rings. The summed E-state index contributed by atoms with van der Waals surface area (Å²) in [6.45, 7) is 14.3. The third-order valence-corrected chi connectivity index (χ3v) is 18.5. The number of alkyl halides is 12. The highest BCUT2D eigenvalue weighted by molar-refractivity contribution is 5.84. The first kappa shape index (κ1) is 84.7. The smallest absolute Gasteiger partial charge is 0.419 e. The second kappa shape index (κ2) is 33.7. The number of hydrogen-bond donors (Lipinski definition) is 3. The summed E-state index contributed by atoms with van der Waals surface area (Å²) in [6.07, 6.45) is -18.1. The summed E-state index contributed by atoms with van der Waals surface area (Å²) in [5, 5.41) is 14.2. The third kappa shape index (κ3) is 20.8. The van der Waals surface area contributed by atoms with Crippen molar-refractivity contribution in [1.82, 2.24) is 29.6 Å². The minimum Gasteiger partial charge on any atom is -0.481 e. The maximum Gasteiger partial charge on any atom is 0.419 e. The maximum absolute atomic E-state index is 16.8. The van der Waals surface area contributed by atoms with E-state index in [4.69, 9.17) is 4.74 Å². The number of aliphatic carboxylic acids is 1. The normalized spacial score (nSPS) is 14.8. The van der Waals surface area contributed by atoms with Crippen molar-refractivity contribution in [2.24, 2.45) is 11.8 Å². The molecule has 0 spiro atoms. The van der Waals surface area contributed by atoms with Gasteiger partial charge in [-0.05, 0) is 206 Å². The van der Waals surface area contributed by atoms with E-state index in [1.54, 1.807) is 118 Å². The van der Waals surface area contributed by atoms with Gasteiger partial charge in [-0.15, -0.1) is 0 Å². The standard InChI is InChI=1S/C39H45F8N3O4.C37H41F8N3O4/c1-8-54-32(52)18-29(48-37(53)30(13-20(2)3)50-19-24(11-12-49(6)7)27(17-31(50)51)38(42,43)44)34-35(40)26(16-28(36(34)41)39(45,46)47)33-21(4)14-25(15-22(33)5)23-9-10-23;1-18(2)11-28(48-17-22(9-10-47(5)6)25(15-29(48)49)36(40,41)42)35(52)46-27(16-30(50)51)32-33(38)24(14-26(34(32)39)37(43,44)45)31-19(3)12-23(13-20(31)4)21-7-8-21/h14-17,19-20,23,29-30H,8-13,18H2,1-7H3,(H,48,53);12-15,17-18,21,27-28H,7-11,16H2,1-6H3,(H,46,52)(H,50,51)/t29-,30?;27-,28?/m00/s1. The number of aromatic nitrogens is 2. The Bertz CT molecular complexity index is 4330. The van der Waals surface area contributed by atoms with Crippen LogP contribution in [-0.2, 0) is 61.5 Å². The molecule has 2 aromatic heterocycles. The molecule has 4 atom stereocenters. The average molecular weight is 1520 g/mol. The van der Waals surface area contributed by atoms with Crippen LogP contribution in [0.5, 0.6) is 0 Å². The highest BCUT2D eigenvalue weighted by Crippen LogP contribution is 2.48. The van der Waals surface area contributed by atoms with Crippen LogP contribution in [0.25, 0.3) is 22.3 Å². The number of pyridine rings is 2. The van der Waals surface area contributed by atoms with E-state index in [2.05, 4.69) is 10.6 Å². The summed E-state index contributed by atoms with van der Waals surface area (Å²) in [5.74, 6) is -12.7. The van der Waals surface area contributed by atoms with Crippen LogP contribution in [0.15, 0.2) is 70.5 Å². The molecule has 0 bridgehead atoms. The Balaban J connectivity index is 0.000000296. The molecule has 0 saturated heterocycles. The van der Waals surface area contributed by atoms with E-state index in [0.717, 1.165) is 58.3 Å². The van der Waals surface area contributed by atoms with Crippen LogP contribution < -0.4 is 21.8 Å². The van der Waals surface area contributed by atoms with Gasteiger partial charge in [0.25, 0.3) is 11.1 Å². The van der Waals surface area contributed by atoms with Crippen LogP contribution in [0.2, 0.25) is 0 Å². The fourth-order valence-corrected chi connectivity index (χ4v) is 13.3. The van der Waals surface area contributed by atoms with Gasteiger partial charge < -0.3 is 39.4 Å². The summed E-state index contributed by atoms with van der Waals surface area (Å²) >= 11 is 0. The van der Waals surface area contributed by atoms with Gasteiger partial charge >= 0.3 is 36.6 Å². The number of nitrogens with one attached hydrogen (secondary N) is 2. The second-order valence-electron chi connectivity index (χ2n) is 28.7. The third-order valence-electron chi connectivity index (χ3n) is 18.5. The molecule has 2 heterocycles. The van der Waals surface area contributed by atoms with E-state index >= 15 is 17.6 Å². The van der Waals surface area contributed by atoms with Gasteiger partial charge in [-0.25, -0.2) is 17.6 Å². The molecule has 0 aliphatic heterocycles. The lowest BCUT2D eigenvalue weighted by Crippen LogP contribution is -2.41. The Morgan fingerprint density at radius 3 is 1.10 bits per heavy atom. The number of rotatable bonds is 27. The van der Waals surface area contributed by atoms with Crippen molar-refractivity contribution in [3.8, 4) is 22.3 Å². The number of likely N-dealkylation sites (N-methyl/N-ethyl adjacent to an activating group) is 2. The SMILES string of the molecule is CCOC(=O)C[C@H](NC(=O)C(CC(C)C)n1cc(CCN(C)C)c(C(F)(F)F)cc1=O)c1c(F)c(-c2c(C)cc(C3CC3)cc2C)cc(C(F)(F)F)c1F.Cc1cc(C2CC2)cc(C)c1-c1cc(C(F)(F)F)c(F)c([C@H](CC(=O)O)NC(=O)C(CC(C)C)n2cc(CCN(C)C)c(C(F)(F)F)cc2=O)c1F. The summed E-state index contributed by atoms with van der Waals surface area (Å²) < 4.78 is 242. The van der Waals surface area contributed by atoms with Gasteiger partial charge in [-0.3, -0.25) is 28.8 Å². The maximum atomic E-state index is 16.8. The van der Waals surface area contributed by atoms with Gasteiger partial charge in [0.05, 0.1) is 53.8 Å². The predicted octanol–water partition coefficient (Wildman–Crippen LogP) is 17.2. The molecule has 0 radical (unpaired) electrons. The lowest BCUT2D eigenvalue weighted by Gasteiger charge is -2.28. The van der Waals surface area contributed by atoms with Crippen LogP contribution in [-0.4, -0.2) is 95.7 Å². The average Bonchev–Trinajstić information content (AvgIpc) is 0.892. The van der Waals surface area contributed by atoms with Gasteiger partial charge in [-0.1, -0.05) is 52.0 Å². The Kier molecular flexibility index (Phi) is 26.9. The number of ether oxygens (including phenoxy) is 1. The molecular weight excluding hydrogens is 1430 g/mol. The topological polar surface area (TPSA) is 172 Å². The highest BCUT2D eigenvalue weighted by atomic mass is 19.4. The summed E-state index contributed by atoms with van der Waals surface area (Å²) in [4.78, 5) is 82.7. The van der Waals surface area contributed by atoms with Crippen LogP contribution >= 0.6 is 0 Å². The number of carboxylic acids is 1. The van der Waals surface area contributed by atoms with Crippen molar-refractivity contribution in [3.63, 3.8) is 0 Å². The van der Waals surface area contributed by atoms with E-state index < -0.39 is 170 Å². The molecule has 6 aromatic rings. The molecule has 30 heteroatoms. The molecule has 3 N–H and O–H groups in total. The van der Waals surface area contributed by atoms with E-state index in [0.29, 0.717) is 46.5 Å². The zero-order valence-electron chi connectivity index (χ0n) is 60.7. The van der Waals surface area contributed by atoms with Crippen molar-refractivity contribution < 1.29 is 99.3 Å². The van der Waals surface area contributed by atoms with Gasteiger partial charge in [0, 0.05) is 59.9 Å². The molecule has 14 nitrogen and oxygen atoms in total. The van der Waals surface area contributed by atoms with Gasteiger partial charge in [-0.2, -0.15) is 52.7 Å². The zero-order valence-corrected chi connectivity index (χ0v) is 60.7. The van der Waals surface area contributed by atoms with E-state index in [9.17, 15) is 86.6 Å². The first-order valence-corrected chi connectivity index (χ1v) is 34.4. The van der Waals surface area contributed by atoms with Crippen molar-refractivity contribution >= 4 is 23.8 Å². The van der Waals surface area contributed by atoms with E-state index in [-0.39, 0.29) is 85.4 Å². The highest BCUT2D eigenvalue weighted by Gasteiger charge is 2.44. The second-order valence-corrected chi connectivity index (χ2v) is 28.7. The number of hydrogen-bond acceptors (Lipinski definition) is 9. The summed E-state index contributed by atoms with van der Waals surface area (Å²) in [6, 6.07) is 0.685. The van der Waals surface area contributed by atoms with Crippen LogP contribution in [0.4, 0.5) is 70.2 Å². The minimum atomic E-state index is -5.37. The number of carboxylic acid groups (broad SMARTS) is 1. The number of halogens is 16. The largest absolute Gasteiger partial charge is 0.481 e. The molecule has 4 aromatic carbocycles. The van der Waals surface area contributed by atoms with Crippen molar-refractivity contribution in [2.45, 2.75) is 187 Å². The van der Waals surface area contributed by atoms with Crippen molar-refractivity contribution in [3.05, 3.63) is 183 Å². The monoisotopic (exact) mass is 1510 g/mol. The Labute approximate surface area is 602 Å². The number of benzene rings is 4. The van der Waals surface area contributed by atoms with Crippen molar-refractivity contribution in [2.75, 3.05) is 47.9 Å². The Morgan fingerprint density at radius 2 is 0.830 bits per heavy atom. The Hall–Kier alpha value is -8.54. The quantitative estimate of drug-likeness (QED) is 0.0333. The molecule has 2 amide bonds. The molecule has 2 saturated carbocycles. The minimum absolute atomic E-state index is 0.0355. The molecule has 2 fully saturated rings.